The fraction of sp³-hybridized carbons (Fsp3) is 0.533. The van der Waals surface area contributed by atoms with Crippen LogP contribution in [0.3, 0.4) is 0 Å². The highest BCUT2D eigenvalue weighted by molar-refractivity contribution is 8.00. The summed E-state index contributed by atoms with van der Waals surface area (Å²) in [6, 6.07) is 3.09. The summed E-state index contributed by atoms with van der Waals surface area (Å²) < 4.78 is 16.1. The molecule has 1 aliphatic heterocycles. The number of hydrogen-bond donors (Lipinski definition) is 0. The largest absolute Gasteiger partial charge is 0.326 e. The SMILES string of the molecule is CC1(Cn2c(CCCl)nc3cc(Cl)c(F)cc32)CCCS1. The second kappa shape index (κ2) is 5.98. The predicted molar refractivity (Wildman–Crippen MR) is 89.2 cm³/mol. The van der Waals surface area contributed by atoms with Gasteiger partial charge in [0.2, 0.25) is 0 Å². The van der Waals surface area contributed by atoms with Crippen LogP contribution in [0.25, 0.3) is 11.0 Å². The molecule has 21 heavy (non-hydrogen) atoms. The van der Waals surface area contributed by atoms with Gasteiger partial charge in [-0.05, 0) is 31.6 Å². The molecule has 2 aromatic rings. The minimum Gasteiger partial charge on any atom is -0.326 e. The van der Waals surface area contributed by atoms with Crippen molar-refractivity contribution in [1.29, 1.82) is 0 Å². The van der Waals surface area contributed by atoms with Crippen LogP contribution in [0.2, 0.25) is 5.02 Å². The van der Waals surface area contributed by atoms with Crippen molar-refractivity contribution in [3.05, 3.63) is 28.8 Å². The molecular formula is C15H17Cl2FN2S. The Balaban J connectivity index is 2.08. The summed E-state index contributed by atoms with van der Waals surface area (Å²) in [4.78, 5) is 4.60. The lowest BCUT2D eigenvalue weighted by molar-refractivity contribution is 0.506. The zero-order valence-electron chi connectivity index (χ0n) is 11.8. The van der Waals surface area contributed by atoms with E-state index in [9.17, 15) is 4.39 Å². The number of nitrogens with zero attached hydrogens (tertiary/aromatic N) is 2. The lowest BCUT2D eigenvalue weighted by Gasteiger charge is -2.24. The Morgan fingerprint density at radius 3 is 2.95 bits per heavy atom. The highest BCUT2D eigenvalue weighted by atomic mass is 35.5. The summed E-state index contributed by atoms with van der Waals surface area (Å²) in [6.45, 7) is 3.11. The van der Waals surface area contributed by atoms with Crippen molar-refractivity contribution in [2.45, 2.75) is 37.5 Å². The molecule has 0 spiro atoms. The molecule has 6 heteroatoms. The molecule has 2 nitrogen and oxygen atoms in total. The number of fused-ring (bicyclic) bond motifs is 1. The van der Waals surface area contributed by atoms with E-state index < -0.39 is 5.82 Å². The predicted octanol–water partition coefficient (Wildman–Crippen LogP) is 4.90. The topological polar surface area (TPSA) is 17.8 Å². The number of alkyl halides is 1. The molecule has 0 radical (unpaired) electrons. The molecule has 1 aromatic heterocycles. The first-order chi connectivity index (χ1) is 10.0. The molecular weight excluding hydrogens is 330 g/mol. The maximum absolute atomic E-state index is 13.8. The van der Waals surface area contributed by atoms with Gasteiger partial charge in [-0.15, -0.1) is 11.6 Å². The number of halogens is 3. The van der Waals surface area contributed by atoms with E-state index in [0.29, 0.717) is 12.3 Å². The Morgan fingerprint density at radius 2 is 2.29 bits per heavy atom. The van der Waals surface area contributed by atoms with Gasteiger partial charge in [-0.1, -0.05) is 11.6 Å². The molecule has 1 saturated heterocycles. The first-order valence-electron chi connectivity index (χ1n) is 7.06. The van der Waals surface area contributed by atoms with Crippen LogP contribution >= 0.6 is 35.0 Å². The molecule has 1 aliphatic rings. The van der Waals surface area contributed by atoms with E-state index in [0.717, 1.165) is 23.4 Å². The minimum atomic E-state index is -0.396. The number of aryl methyl sites for hydroxylation is 1. The number of thioether (sulfide) groups is 1. The molecule has 0 N–H and O–H groups in total. The van der Waals surface area contributed by atoms with Gasteiger partial charge in [0.1, 0.15) is 11.6 Å². The molecule has 2 heterocycles. The highest BCUT2D eigenvalue weighted by Crippen LogP contribution is 2.40. The smallest absolute Gasteiger partial charge is 0.144 e. The number of benzene rings is 1. The summed E-state index contributed by atoms with van der Waals surface area (Å²) in [7, 11) is 0. The Hall–Kier alpha value is -0.450. The first-order valence-corrected chi connectivity index (χ1v) is 8.96. The van der Waals surface area contributed by atoms with Crippen LogP contribution in [0.15, 0.2) is 12.1 Å². The van der Waals surface area contributed by atoms with E-state index in [1.54, 1.807) is 6.07 Å². The molecule has 0 amide bonds. The maximum Gasteiger partial charge on any atom is 0.144 e. The molecule has 0 bridgehead atoms. The Bertz CT molecular complexity index is 665. The standard InChI is InChI=1S/C15H17Cl2FN2S/c1-15(4-2-6-21-15)9-20-13-8-11(18)10(17)7-12(13)19-14(20)3-5-16/h7-8H,2-6,9H2,1H3. The normalized spacial score (nSPS) is 22.3. The molecule has 1 aromatic carbocycles. The van der Waals surface area contributed by atoms with Gasteiger partial charge in [0, 0.05) is 29.7 Å². The van der Waals surface area contributed by atoms with Crippen molar-refractivity contribution >= 4 is 46.0 Å². The first kappa shape index (κ1) is 15.4. The van der Waals surface area contributed by atoms with Crippen LogP contribution in [0.1, 0.15) is 25.6 Å². The van der Waals surface area contributed by atoms with Crippen LogP contribution < -0.4 is 0 Å². The summed E-state index contributed by atoms with van der Waals surface area (Å²) in [5, 5.41) is 0.117. The second-order valence-electron chi connectivity index (χ2n) is 5.71. The van der Waals surface area contributed by atoms with Crippen LogP contribution in [-0.2, 0) is 13.0 Å². The third-order valence-corrected chi connectivity index (χ3v) is 5.98. The van der Waals surface area contributed by atoms with E-state index in [1.807, 2.05) is 11.8 Å². The molecule has 1 unspecified atom stereocenters. The fourth-order valence-corrected chi connectivity index (χ4v) is 4.54. The van der Waals surface area contributed by atoms with Gasteiger partial charge in [0.05, 0.1) is 16.1 Å². The number of hydrogen-bond acceptors (Lipinski definition) is 2. The van der Waals surface area contributed by atoms with Crippen LogP contribution in [0.5, 0.6) is 0 Å². The highest BCUT2D eigenvalue weighted by Gasteiger charge is 2.31. The summed E-state index contributed by atoms with van der Waals surface area (Å²) in [5.74, 6) is 2.21. The van der Waals surface area contributed by atoms with E-state index in [4.69, 9.17) is 23.2 Å². The van der Waals surface area contributed by atoms with Crippen LogP contribution in [-0.4, -0.2) is 25.9 Å². The molecule has 3 rings (SSSR count). The van der Waals surface area contributed by atoms with Crippen LogP contribution in [0.4, 0.5) is 4.39 Å². The average molecular weight is 347 g/mol. The lowest BCUT2D eigenvalue weighted by atomic mass is 10.1. The number of rotatable bonds is 4. The van der Waals surface area contributed by atoms with Gasteiger partial charge >= 0.3 is 0 Å². The number of aromatic nitrogens is 2. The van der Waals surface area contributed by atoms with Crippen molar-refractivity contribution in [2.24, 2.45) is 0 Å². The summed E-state index contributed by atoms with van der Waals surface area (Å²) >= 11 is 13.7. The van der Waals surface area contributed by atoms with Crippen molar-refractivity contribution in [3.8, 4) is 0 Å². The van der Waals surface area contributed by atoms with Gasteiger partial charge in [-0.2, -0.15) is 11.8 Å². The maximum atomic E-state index is 13.8. The van der Waals surface area contributed by atoms with Crippen LogP contribution in [0, 0.1) is 5.82 Å². The van der Waals surface area contributed by atoms with Crippen molar-refractivity contribution < 1.29 is 4.39 Å². The van der Waals surface area contributed by atoms with E-state index in [-0.39, 0.29) is 9.77 Å². The Kier molecular flexibility index (Phi) is 4.40. The van der Waals surface area contributed by atoms with Crippen molar-refractivity contribution in [2.75, 3.05) is 11.6 Å². The summed E-state index contributed by atoms with van der Waals surface area (Å²) in [6.07, 6.45) is 3.09. The average Bonchev–Trinajstić information content (AvgIpc) is 2.98. The van der Waals surface area contributed by atoms with Gasteiger partial charge in [-0.3, -0.25) is 0 Å². The molecule has 0 saturated carbocycles. The minimum absolute atomic E-state index is 0.117. The van der Waals surface area contributed by atoms with Gasteiger partial charge in [0.15, 0.2) is 0 Å². The molecule has 1 fully saturated rings. The lowest BCUT2D eigenvalue weighted by Crippen LogP contribution is -2.25. The third kappa shape index (κ3) is 3.03. The number of imidazole rings is 1. The quantitative estimate of drug-likeness (QED) is 0.733. The zero-order valence-corrected chi connectivity index (χ0v) is 14.2. The van der Waals surface area contributed by atoms with Gasteiger partial charge in [0.25, 0.3) is 0 Å². The van der Waals surface area contributed by atoms with Crippen molar-refractivity contribution in [3.63, 3.8) is 0 Å². The van der Waals surface area contributed by atoms with E-state index in [2.05, 4.69) is 16.5 Å². The third-order valence-electron chi connectivity index (χ3n) is 3.98. The van der Waals surface area contributed by atoms with E-state index >= 15 is 0 Å². The summed E-state index contributed by atoms with van der Waals surface area (Å²) in [5.41, 5.74) is 1.55. The van der Waals surface area contributed by atoms with Crippen molar-refractivity contribution in [1.82, 2.24) is 9.55 Å². The molecule has 0 aliphatic carbocycles. The Morgan fingerprint density at radius 1 is 1.48 bits per heavy atom. The molecule has 114 valence electrons. The van der Waals surface area contributed by atoms with E-state index in [1.165, 1.54) is 24.7 Å². The molecule has 1 atom stereocenters. The fourth-order valence-electron chi connectivity index (χ4n) is 2.92. The van der Waals surface area contributed by atoms with Gasteiger partial charge < -0.3 is 4.57 Å². The second-order valence-corrected chi connectivity index (χ2v) is 8.18. The zero-order chi connectivity index (χ0) is 15.0. The Labute approximate surface area is 138 Å². The monoisotopic (exact) mass is 346 g/mol. The van der Waals surface area contributed by atoms with Gasteiger partial charge in [-0.25, -0.2) is 9.37 Å².